The standard InChI is InChI=1S/C22H28O5/c1-4-14-5-7-15(8-6-14)11-17-12-16(9-10-18(17)26-3)22-21(25)20(24)19(23)13(2)27-22/h5-10,12-13,19-25H,4,11H2,1-3H3. The third-order valence-corrected chi connectivity index (χ3v) is 5.31. The van der Waals surface area contributed by atoms with E-state index in [0.717, 1.165) is 28.9 Å². The van der Waals surface area contributed by atoms with E-state index in [2.05, 4.69) is 31.2 Å². The minimum absolute atomic E-state index is 0.569. The molecule has 0 spiro atoms. The topological polar surface area (TPSA) is 79.2 Å². The van der Waals surface area contributed by atoms with Gasteiger partial charge in [0.1, 0.15) is 30.2 Å². The molecule has 5 nitrogen and oxygen atoms in total. The zero-order valence-corrected chi connectivity index (χ0v) is 16.0. The number of aryl methyl sites for hydroxylation is 1. The van der Waals surface area contributed by atoms with Crippen LogP contribution < -0.4 is 4.74 Å². The average Bonchev–Trinajstić information content (AvgIpc) is 2.69. The number of hydrogen-bond acceptors (Lipinski definition) is 5. The zero-order chi connectivity index (χ0) is 19.6. The van der Waals surface area contributed by atoms with Crippen LogP contribution >= 0.6 is 0 Å². The summed E-state index contributed by atoms with van der Waals surface area (Å²) < 4.78 is 11.3. The molecule has 1 fully saturated rings. The molecule has 0 aliphatic carbocycles. The first-order chi connectivity index (χ1) is 12.9. The predicted octanol–water partition coefficient (Wildman–Crippen LogP) is 2.39. The van der Waals surface area contributed by atoms with Gasteiger partial charge in [-0.15, -0.1) is 0 Å². The number of ether oxygens (including phenoxy) is 2. The normalized spacial score (nSPS) is 28.1. The zero-order valence-electron chi connectivity index (χ0n) is 16.0. The molecule has 146 valence electrons. The lowest BCUT2D eigenvalue weighted by Crippen LogP contribution is -2.53. The average molecular weight is 372 g/mol. The molecule has 0 amide bonds. The Kier molecular flexibility index (Phi) is 6.17. The fourth-order valence-corrected chi connectivity index (χ4v) is 3.55. The quantitative estimate of drug-likeness (QED) is 0.751. The first-order valence-electron chi connectivity index (χ1n) is 9.38. The molecule has 5 atom stereocenters. The molecule has 0 radical (unpaired) electrons. The van der Waals surface area contributed by atoms with Gasteiger partial charge in [-0.05, 0) is 47.7 Å². The van der Waals surface area contributed by atoms with E-state index >= 15 is 0 Å². The highest BCUT2D eigenvalue weighted by Gasteiger charge is 2.42. The lowest BCUT2D eigenvalue weighted by Gasteiger charge is -2.39. The van der Waals surface area contributed by atoms with Gasteiger partial charge in [0.25, 0.3) is 0 Å². The Morgan fingerprint density at radius 3 is 2.22 bits per heavy atom. The molecule has 1 saturated heterocycles. The molecule has 1 aliphatic heterocycles. The van der Waals surface area contributed by atoms with Gasteiger partial charge in [0.05, 0.1) is 13.2 Å². The SMILES string of the molecule is CCc1ccc(Cc2cc(C3OC(C)C(O)C(O)C3O)ccc2OC)cc1. The van der Waals surface area contributed by atoms with Gasteiger partial charge in [-0.2, -0.15) is 0 Å². The van der Waals surface area contributed by atoms with E-state index in [1.165, 1.54) is 5.56 Å². The van der Waals surface area contributed by atoms with Crippen molar-refractivity contribution in [3.05, 3.63) is 64.7 Å². The van der Waals surface area contributed by atoms with Crippen molar-refractivity contribution in [1.29, 1.82) is 0 Å². The van der Waals surface area contributed by atoms with Crippen molar-refractivity contribution < 1.29 is 24.8 Å². The van der Waals surface area contributed by atoms with Gasteiger partial charge in [-0.1, -0.05) is 37.3 Å². The maximum Gasteiger partial charge on any atom is 0.122 e. The summed E-state index contributed by atoms with van der Waals surface area (Å²) in [5.41, 5.74) is 4.18. The molecule has 5 unspecified atom stereocenters. The van der Waals surface area contributed by atoms with Crippen molar-refractivity contribution in [2.75, 3.05) is 7.11 Å². The number of aliphatic hydroxyl groups excluding tert-OH is 3. The number of aliphatic hydroxyl groups is 3. The molecule has 1 heterocycles. The number of rotatable bonds is 5. The Hall–Kier alpha value is -1.92. The molecular weight excluding hydrogens is 344 g/mol. The molecule has 3 N–H and O–H groups in total. The van der Waals surface area contributed by atoms with Gasteiger partial charge in [-0.25, -0.2) is 0 Å². The van der Waals surface area contributed by atoms with Crippen LogP contribution in [0.15, 0.2) is 42.5 Å². The van der Waals surface area contributed by atoms with Crippen molar-refractivity contribution in [2.24, 2.45) is 0 Å². The van der Waals surface area contributed by atoms with Crippen LogP contribution in [0.4, 0.5) is 0 Å². The van der Waals surface area contributed by atoms with Gasteiger partial charge in [-0.3, -0.25) is 0 Å². The molecule has 2 aromatic rings. The summed E-state index contributed by atoms with van der Waals surface area (Å²) in [6, 6.07) is 14.1. The van der Waals surface area contributed by atoms with E-state index < -0.39 is 30.5 Å². The van der Waals surface area contributed by atoms with E-state index in [9.17, 15) is 15.3 Å². The summed E-state index contributed by atoms with van der Waals surface area (Å²) in [5.74, 6) is 0.761. The second-order valence-electron chi connectivity index (χ2n) is 7.15. The summed E-state index contributed by atoms with van der Waals surface area (Å²) in [6.07, 6.45) is -3.13. The van der Waals surface area contributed by atoms with Crippen molar-refractivity contribution in [3.63, 3.8) is 0 Å². The Bertz CT molecular complexity index is 758. The van der Waals surface area contributed by atoms with Crippen LogP contribution in [0.1, 0.15) is 42.2 Å². The van der Waals surface area contributed by atoms with Gasteiger partial charge in [0.2, 0.25) is 0 Å². The highest BCUT2D eigenvalue weighted by Crippen LogP contribution is 2.34. The molecule has 5 heteroatoms. The van der Waals surface area contributed by atoms with Gasteiger partial charge in [0, 0.05) is 6.42 Å². The highest BCUT2D eigenvalue weighted by atomic mass is 16.5. The first kappa shape index (κ1) is 19.8. The molecular formula is C22H28O5. The van der Waals surface area contributed by atoms with E-state index in [4.69, 9.17) is 9.47 Å². The first-order valence-corrected chi connectivity index (χ1v) is 9.38. The van der Waals surface area contributed by atoms with Crippen LogP contribution in [0.2, 0.25) is 0 Å². The van der Waals surface area contributed by atoms with Crippen LogP contribution in [-0.4, -0.2) is 46.8 Å². The monoisotopic (exact) mass is 372 g/mol. The predicted molar refractivity (Wildman–Crippen MR) is 103 cm³/mol. The second kappa shape index (κ2) is 8.40. The number of benzene rings is 2. The summed E-state index contributed by atoms with van der Waals surface area (Å²) >= 11 is 0. The molecule has 27 heavy (non-hydrogen) atoms. The summed E-state index contributed by atoms with van der Waals surface area (Å²) in [6.45, 7) is 3.82. The molecule has 3 rings (SSSR count). The van der Waals surface area contributed by atoms with Crippen molar-refractivity contribution in [3.8, 4) is 5.75 Å². The van der Waals surface area contributed by atoms with Crippen LogP contribution in [0.5, 0.6) is 5.75 Å². The largest absolute Gasteiger partial charge is 0.496 e. The second-order valence-corrected chi connectivity index (χ2v) is 7.15. The molecule has 1 aliphatic rings. The van der Waals surface area contributed by atoms with Crippen LogP contribution in [-0.2, 0) is 17.6 Å². The van der Waals surface area contributed by atoms with E-state index in [1.54, 1.807) is 14.0 Å². The number of hydrogen-bond donors (Lipinski definition) is 3. The van der Waals surface area contributed by atoms with Gasteiger partial charge in [0.15, 0.2) is 0 Å². The van der Waals surface area contributed by atoms with Gasteiger partial charge < -0.3 is 24.8 Å². The van der Waals surface area contributed by atoms with E-state index in [0.29, 0.717) is 6.42 Å². The minimum Gasteiger partial charge on any atom is -0.496 e. The molecule has 0 bridgehead atoms. The van der Waals surface area contributed by atoms with Crippen LogP contribution in [0.3, 0.4) is 0 Å². The van der Waals surface area contributed by atoms with Gasteiger partial charge >= 0.3 is 0 Å². The molecule has 0 saturated carbocycles. The molecule has 0 aromatic heterocycles. The lowest BCUT2D eigenvalue weighted by molar-refractivity contribution is -0.219. The number of methoxy groups -OCH3 is 1. The maximum absolute atomic E-state index is 10.4. The Labute approximate surface area is 160 Å². The summed E-state index contributed by atoms with van der Waals surface area (Å²) in [4.78, 5) is 0. The Morgan fingerprint density at radius 2 is 1.59 bits per heavy atom. The fourth-order valence-electron chi connectivity index (χ4n) is 3.55. The fraction of sp³-hybridized carbons (Fsp3) is 0.455. The smallest absolute Gasteiger partial charge is 0.122 e. The molecule has 2 aromatic carbocycles. The van der Waals surface area contributed by atoms with Crippen molar-refractivity contribution in [2.45, 2.75) is 57.2 Å². The maximum atomic E-state index is 10.4. The van der Waals surface area contributed by atoms with Crippen LogP contribution in [0.25, 0.3) is 0 Å². The minimum atomic E-state index is -1.24. The van der Waals surface area contributed by atoms with Crippen molar-refractivity contribution >= 4 is 0 Å². The third kappa shape index (κ3) is 4.17. The third-order valence-electron chi connectivity index (χ3n) is 5.31. The van der Waals surface area contributed by atoms with Crippen LogP contribution in [0, 0.1) is 0 Å². The highest BCUT2D eigenvalue weighted by molar-refractivity contribution is 5.42. The Morgan fingerprint density at radius 1 is 0.926 bits per heavy atom. The lowest BCUT2D eigenvalue weighted by atomic mass is 9.90. The van der Waals surface area contributed by atoms with E-state index in [-0.39, 0.29) is 0 Å². The Balaban J connectivity index is 1.88. The van der Waals surface area contributed by atoms with E-state index in [1.807, 2.05) is 18.2 Å². The van der Waals surface area contributed by atoms with Crippen molar-refractivity contribution in [1.82, 2.24) is 0 Å². The summed E-state index contributed by atoms with van der Waals surface area (Å²) in [5, 5.41) is 30.4. The summed E-state index contributed by atoms with van der Waals surface area (Å²) in [7, 11) is 1.63.